The van der Waals surface area contributed by atoms with E-state index in [1.54, 1.807) is 18.9 Å². The molecule has 2 aromatic rings. The van der Waals surface area contributed by atoms with Crippen molar-refractivity contribution in [1.29, 1.82) is 0 Å². The molecule has 0 fully saturated rings. The highest BCUT2D eigenvalue weighted by atomic mass is 32.2. The Kier molecular flexibility index (Phi) is 5.43. The molecule has 0 aliphatic carbocycles. The predicted molar refractivity (Wildman–Crippen MR) is 80.7 cm³/mol. The van der Waals surface area contributed by atoms with E-state index in [1.165, 1.54) is 0 Å². The van der Waals surface area contributed by atoms with Crippen LogP contribution in [0.4, 0.5) is 0 Å². The Balaban J connectivity index is 1.94. The lowest BCUT2D eigenvalue weighted by atomic mass is 10.2. The number of nitrogens with zero attached hydrogens (tertiary/aromatic N) is 2. The molecule has 2 rings (SSSR count). The van der Waals surface area contributed by atoms with Crippen LogP contribution in [0.5, 0.6) is 5.75 Å². The summed E-state index contributed by atoms with van der Waals surface area (Å²) in [4.78, 5) is 4.38. The molecule has 20 heavy (non-hydrogen) atoms. The molecule has 0 spiro atoms. The minimum Gasteiger partial charge on any atom is -0.497 e. The van der Waals surface area contributed by atoms with Gasteiger partial charge in [0, 0.05) is 17.4 Å². The van der Waals surface area contributed by atoms with Gasteiger partial charge in [0.1, 0.15) is 5.75 Å². The maximum absolute atomic E-state index is 5.86. The van der Waals surface area contributed by atoms with Crippen molar-refractivity contribution in [1.82, 2.24) is 10.1 Å². The summed E-state index contributed by atoms with van der Waals surface area (Å²) in [5.41, 5.74) is 6.77. The molecule has 0 bridgehead atoms. The van der Waals surface area contributed by atoms with Crippen LogP contribution in [0.25, 0.3) is 11.4 Å². The van der Waals surface area contributed by atoms with E-state index in [0.717, 1.165) is 23.5 Å². The van der Waals surface area contributed by atoms with Crippen LogP contribution in [0.1, 0.15) is 19.2 Å². The fraction of sp³-hybridized carbons (Fsp3) is 0.429. The molecule has 0 aliphatic heterocycles. The number of hydrogen-bond donors (Lipinski definition) is 1. The van der Waals surface area contributed by atoms with Crippen molar-refractivity contribution in [3.63, 3.8) is 0 Å². The average molecular weight is 293 g/mol. The molecule has 108 valence electrons. The van der Waals surface area contributed by atoms with Crippen molar-refractivity contribution >= 4 is 11.8 Å². The topological polar surface area (TPSA) is 74.2 Å². The Bertz CT molecular complexity index is 527. The highest BCUT2D eigenvalue weighted by Gasteiger charge is 2.09. The van der Waals surface area contributed by atoms with Crippen molar-refractivity contribution in [3.8, 4) is 17.1 Å². The summed E-state index contributed by atoms with van der Waals surface area (Å²) in [6.45, 7) is 2.08. The molecule has 1 heterocycles. The molecule has 0 radical (unpaired) electrons. The maximum atomic E-state index is 5.86. The van der Waals surface area contributed by atoms with E-state index in [1.807, 2.05) is 24.3 Å². The first-order valence-corrected chi connectivity index (χ1v) is 7.68. The summed E-state index contributed by atoms with van der Waals surface area (Å²) in [6.07, 6.45) is 0.980. The smallest absolute Gasteiger partial charge is 0.236 e. The molecule has 2 N–H and O–H groups in total. The molecule has 1 aromatic heterocycles. The number of hydrogen-bond acceptors (Lipinski definition) is 6. The summed E-state index contributed by atoms with van der Waals surface area (Å²) in [7, 11) is 1.64. The Morgan fingerprint density at radius 3 is 2.75 bits per heavy atom. The average Bonchev–Trinajstić information content (AvgIpc) is 2.96. The highest BCUT2D eigenvalue weighted by molar-refractivity contribution is 7.98. The van der Waals surface area contributed by atoms with Crippen LogP contribution in [-0.2, 0) is 5.75 Å². The SMILES string of the molecule is CCC(N)CSCc1nc(-c2ccc(OC)cc2)no1. The summed E-state index contributed by atoms with van der Waals surface area (Å²) in [5.74, 6) is 3.63. The van der Waals surface area contributed by atoms with Gasteiger partial charge in [-0.3, -0.25) is 0 Å². The number of rotatable bonds is 7. The van der Waals surface area contributed by atoms with Gasteiger partial charge in [-0.05, 0) is 30.7 Å². The minimum absolute atomic E-state index is 0.226. The second-order valence-electron chi connectivity index (χ2n) is 4.42. The summed E-state index contributed by atoms with van der Waals surface area (Å²) >= 11 is 1.71. The first-order chi connectivity index (χ1) is 9.72. The van der Waals surface area contributed by atoms with Gasteiger partial charge in [0.15, 0.2) is 0 Å². The lowest BCUT2D eigenvalue weighted by Gasteiger charge is -2.05. The van der Waals surface area contributed by atoms with Crippen molar-refractivity contribution in [2.24, 2.45) is 5.73 Å². The number of thioether (sulfide) groups is 1. The number of nitrogens with two attached hydrogens (primary N) is 1. The molecular formula is C14H19N3O2S. The van der Waals surface area contributed by atoms with Crippen molar-refractivity contribution in [2.75, 3.05) is 12.9 Å². The van der Waals surface area contributed by atoms with Crippen LogP contribution in [0.15, 0.2) is 28.8 Å². The molecule has 0 saturated carbocycles. The maximum Gasteiger partial charge on any atom is 0.236 e. The van der Waals surface area contributed by atoms with E-state index in [4.69, 9.17) is 15.0 Å². The predicted octanol–water partition coefficient (Wildman–Crippen LogP) is 2.72. The normalized spacial score (nSPS) is 12.3. The van der Waals surface area contributed by atoms with Gasteiger partial charge in [0.05, 0.1) is 12.9 Å². The number of aromatic nitrogens is 2. The highest BCUT2D eigenvalue weighted by Crippen LogP contribution is 2.21. The van der Waals surface area contributed by atoms with E-state index >= 15 is 0 Å². The number of methoxy groups -OCH3 is 1. The zero-order valence-electron chi connectivity index (χ0n) is 11.7. The molecule has 1 atom stereocenters. The fourth-order valence-corrected chi connectivity index (χ4v) is 2.53. The molecular weight excluding hydrogens is 274 g/mol. The Labute approximate surface area is 122 Å². The zero-order valence-corrected chi connectivity index (χ0v) is 12.5. The molecule has 5 nitrogen and oxygen atoms in total. The molecule has 0 saturated heterocycles. The van der Waals surface area contributed by atoms with Crippen molar-refractivity contribution < 1.29 is 9.26 Å². The minimum atomic E-state index is 0.226. The Morgan fingerprint density at radius 1 is 1.35 bits per heavy atom. The van der Waals surface area contributed by atoms with Gasteiger partial charge in [0.2, 0.25) is 11.7 Å². The Morgan fingerprint density at radius 2 is 2.10 bits per heavy atom. The van der Waals surface area contributed by atoms with E-state index in [2.05, 4.69) is 17.1 Å². The fourth-order valence-electron chi connectivity index (χ4n) is 1.59. The van der Waals surface area contributed by atoms with E-state index in [0.29, 0.717) is 17.5 Å². The van der Waals surface area contributed by atoms with E-state index in [-0.39, 0.29) is 6.04 Å². The van der Waals surface area contributed by atoms with Crippen LogP contribution < -0.4 is 10.5 Å². The first kappa shape index (κ1) is 14.9. The van der Waals surface area contributed by atoms with Gasteiger partial charge in [0.25, 0.3) is 0 Å². The molecule has 6 heteroatoms. The second kappa shape index (κ2) is 7.31. The summed E-state index contributed by atoms with van der Waals surface area (Å²) in [6, 6.07) is 7.80. The van der Waals surface area contributed by atoms with Crippen LogP contribution in [0.3, 0.4) is 0 Å². The Hall–Kier alpha value is -1.53. The largest absolute Gasteiger partial charge is 0.497 e. The third kappa shape index (κ3) is 3.98. The van der Waals surface area contributed by atoms with Gasteiger partial charge >= 0.3 is 0 Å². The van der Waals surface area contributed by atoms with Gasteiger partial charge in [-0.15, -0.1) is 0 Å². The van der Waals surface area contributed by atoms with Gasteiger partial charge in [-0.1, -0.05) is 12.1 Å². The molecule has 0 amide bonds. The van der Waals surface area contributed by atoms with Crippen molar-refractivity contribution in [3.05, 3.63) is 30.2 Å². The third-order valence-electron chi connectivity index (χ3n) is 2.90. The molecule has 1 aromatic carbocycles. The molecule has 0 aliphatic rings. The number of ether oxygens (including phenoxy) is 1. The third-order valence-corrected chi connectivity index (χ3v) is 4.01. The quantitative estimate of drug-likeness (QED) is 0.846. The summed E-state index contributed by atoms with van der Waals surface area (Å²) < 4.78 is 10.4. The standard InChI is InChI=1S/C14H19N3O2S/c1-3-11(15)8-20-9-13-16-14(17-19-13)10-4-6-12(18-2)7-5-10/h4-7,11H,3,8-9,15H2,1-2H3. The van der Waals surface area contributed by atoms with Crippen LogP contribution >= 0.6 is 11.8 Å². The van der Waals surface area contributed by atoms with Gasteiger partial charge in [-0.25, -0.2) is 0 Å². The van der Waals surface area contributed by atoms with Crippen LogP contribution in [-0.4, -0.2) is 29.0 Å². The zero-order chi connectivity index (χ0) is 14.4. The van der Waals surface area contributed by atoms with Crippen molar-refractivity contribution in [2.45, 2.75) is 25.1 Å². The van der Waals surface area contributed by atoms with Gasteiger partial charge < -0.3 is 15.0 Å². The van der Waals surface area contributed by atoms with Gasteiger partial charge in [-0.2, -0.15) is 16.7 Å². The number of benzene rings is 1. The lowest BCUT2D eigenvalue weighted by molar-refractivity contribution is 0.391. The second-order valence-corrected chi connectivity index (χ2v) is 5.45. The first-order valence-electron chi connectivity index (χ1n) is 6.53. The monoisotopic (exact) mass is 293 g/mol. The van der Waals surface area contributed by atoms with E-state index in [9.17, 15) is 0 Å². The lowest BCUT2D eigenvalue weighted by Crippen LogP contribution is -2.21. The van der Waals surface area contributed by atoms with E-state index < -0.39 is 0 Å². The molecule has 1 unspecified atom stereocenters. The van der Waals surface area contributed by atoms with Crippen LogP contribution in [0, 0.1) is 0 Å². The van der Waals surface area contributed by atoms with Crippen LogP contribution in [0.2, 0.25) is 0 Å². The summed E-state index contributed by atoms with van der Waals surface area (Å²) in [5, 5.41) is 3.99.